The van der Waals surface area contributed by atoms with Crippen molar-refractivity contribution in [2.45, 2.75) is 18.5 Å². The van der Waals surface area contributed by atoms with E-state index in [9.17, 15) is 18.0 Å². The van der Waals surface area contributed by atoms with Crippen LogP contribution in [-0.4, -0.2) is 36.8 Å². The number of amides is 1. The zero-order valence-electron chi connectivity index (χ0n) is 15.2. The van der Waals surface area contributed by atoms with E-state index in [1.54, 1.807) is 48.5 Å². The smallest absolute Gasteiger partial charge is 0.291 e. The second kappa shape index (κ2) is 6.43. The van der Waals surface area contributed by atoms with Gasteiger partial charge in [-0.05, 0) is 36.2 Å². The maximum Gasteiger partial charge on any atom is 0.291 e. The molecule has 1 saturated heterocycles. The molecule has 0 spiro atoms. The molecule has 29 heavy (non-hydrogen) atoms. The fraction of sp³-hybridized carbons (Fsp3) is 0.238. The molecule has 0 unspecified atom stereocenters. The van der Waals surface area contributed by atoms with Crippen molar-refractivity contribution in [3.63, 3.8) is 0 Å². The number of sulfone groups is 1. The largest absolute Gasteiger partial charge is 0.450 e. The molecule has 1 amide bonds. The molecule has 3 heterocycles. The molecular weight excluding hydrogens is 414 g/mol. The van der Waals surface area contributed by atoms with Crippen LogP contribution < -0.4 is 5.43 Å². The fourth-order valence-corrected chi connectivity index (χ4v) is 6.12. The van der Waals surface area contributed by atoms with Crippen molar-refractivity contribution in [2.24, 2.45) is 0 Å². The van der Waals surface area contributed by atoms with Crippen LogP contribution in [0.4, 0.5) is 0 Å². The number of fused-ring (bicyclic) bond motifs is 2. The highest BCUT2D eigenvalue weighted by atomic mass is 35.5. The lowest BCUT2D eigenvalue weighted by Gasteiger charge is -2.30. The Hall–Kier alpha value is -2.64. The molecule has 0 radical (unpaired) electrons. The first kappa shape index (κ1) is 18.4. The van der Waals surface area contributed by atoms with Gasteiger partial charge < -0.3 is 9.32 Å². The predicted octanol–water partition coefficient (Wildman–Crippen LogP) is 3.18. The molecule has 1 aromatic heterocycles. The zero-order valence-corrected chi connectivity index (χ0v) is 16.7. The highest BCUT2D eigenvalue weighted by Gasteiger charge is 2.48. The van der Waals surface area contributed by atoms with E-state index in [0.29, 0.717) is 28.0 Å². The fourth-order valence-electron chi connectivity index (χ4n) is 4.28. The van der Waals surface area contributed by atoms with E-state index in [1.807, 2.05) is 0 Å². The lowest BCUT2D eigenvalue weighted by atomic mass is 9.97. The summed E-state index contributed by atoms with van der Waals surface area (Å²) in [6.45, 7) is 0. The first-order valence-electron chi connectivity index (χ1n) is 9.20. The van der Waals surface area contributed by atoms with Gasteiger partial charge in [0.05, 0.1) is 28.5 Å². The van der Waals surface area contributed by atoms with Gasteiger partial charge in [0, 0.05) is 11.1 Å². The van der Waals surface area contributed by atoms with Crippen LogP contribution in [0.15, 0.2) is 57.7 Å². The van der Waals surface area contributed by atoms with E-state index in [2.05, 4.69) is 0 Å². The Morgan fingerprint density at radius 2 is 1.76 bits per heavy atom. The number of hydrogen-bond acceptors (Lipinski definition) is 5. The predicted molar refractivity (Wildman–Crippen MR) is 109 cm³/mol. The SMILES string of the molecule is O=C1c2oc3ccccc3c(=O)c2[C@H](c2ccc(Cl)cc2)N1[C@@H]1CCS(=O)(=O)C1. The summed E-state index contributed by atoms with van der Waals surface area (Å²) in [6.07, 6.45) is 0.333. The number of nitrogens with zero attached hydrogens (tertiary/aromatic N) is 1. The molecular formula is C21H16ClNO5S. The maximum atomic E-state index is 13.3. The molecule has 8 heteroatoms. The van der Waals surface area contributed by atoms with Crippen LogP contribution in [0, 0.1) is 0 Å². The number of hydrogen-bond donors (Lipinski definition) is 0. The van der Waals surface area contributed by atoms with Gasteiger partial charge in [0.1, 0.15) is 5.58 Å². The summed E-state index contributed by atoms with van der Waals surface area (Å²) in [5.41, 5.74) is 0.993. The average molecular weight is 430 g/mol. The molecule has 2 aromatic carbocycles. The van der Waals surface area contributed by atoms with Gasteiger partial charge in [-0.1, -0.05) is 35.9 Å². The van der Waals surface area contributed by atoms with Crippen LogP contribution in [-0.2, 0) is 9.84 Å². The van der Waals surface area contributed by atoms with Crippen LogP contribution in [0.5, 0.6) is 0 Å². The van der Waals surface area contributed by atoms with Crippen molar-refractivity contribution >= 4 is 38.3 Å². The zero-order chi connectivity index (χ0) is 20.3. The molecule has 2 aliphatic heterocycles. The second-order valence-electron chi connectivity index (χ2n) is 7.39. The van der Waals surface area contributed by atoms with Gasteiger partial charge in [0.2, 0.25) is 5.76 Å². The van der Waals surface area contributed by atoms with Gasteiger partial charge in [-0.15, -0.1) is 0 Å². The summed E-state index contributed by atoms with van der Waals surface area (Å²) in [4.78, 5) is 28.1. The van der Waals surface area contributed by atoms with Crippen LogP contribution in [0.25, 0.3) is 11.0 Å². The Bertz CT molecular complexity index is 1310. The summed E-state index contributed by atoms with van der Waals surface area (Å²) in [5, 5.41) is 0.915. The van der Waals surface area contributed by atoms with Crippen molar-refractivity contribution in [2.75, 3.05) is 11.5 Å². The minimum absolute atomic E-state index is 0.0158. The van der Waals surface area contributed by atoms with E-state index in [4.69, 9.17) is 16.0 Å². The van der Waals surface area contributed by atoms with E-state index in [-0.39, 0.29) is 28.3 Å². The molecule has 1 fully saturated rings. The van der Waals surface area contributed by atoms with Gasteiger partial charge >= 0.3 is 0 Å². The lowest BCUT2D eigenvalue weighted by molar-refractivity contribution is 0.0662. The van der Waals surface area contributed by atoms with Crippen LogP contribution in [0.3, 0.4) is 0 Å². The Morgan fingerprint density at radius 3 is 2.45 bits per heavy atom. The van der Waals surface area contributed by atoms with Crippen molar-refractivity contribution in [3.05, 3.63) is 80.7 Å². The molecule has 0 aliphatic carbocycles. The van der Waals surface area contributed by atoms with Gasteiger partial charge in [-0.25, -0.2) is 8.42 Å². The van der Waals surface area contributed by atoms with Gasteiger partial charge in [0.15, 0.2) is 15.3 Å². The Labute approximate surface area is 171 Å². The summed E-state index contributed by atoms with van der Waals surface area (Å²) in [6, 6.07) is 12.4. The lowest BCUT2D eigenvalue weighted by Crippen LogP contribution is -2.40. The Morgan fingerprint density at radius 1 is 1.03 bits per heavy atom. The average Bonchev–Trinajstić information content (AvgIpc) is 3.20. The first-order chi connectivity index (χ1) is 13.9. The van der Waals surface area contributed by atoms with Crippen molar-refractivity contribution in [1.29, 1.82) is 0 Å². The number of carbonyl (C=O) groups is 1. The number of rotatable bonds is 2. The molecule has 0 saturated carbocycles. The Balaban J connectivity index is 1.76. The van der Waals surface area contributed by atoms with E-state index >= 15 is 0 Å². The maximum absolute atomic E-state index is 13.3. The van der Waals surface area contributed by atoms with Crippen molar-refractivity contribution in [1.82, 2.24) is 4.90 Å². The van der Waals surface area contributed by atoms with Crippen LogP contribution in [0.2, 0.25) is 5.02 Å². The number of para-hydroxylation sites is 1. The number of carbonyl (C=O) groups excluding carboxylic acids is 1. The molecule has 0 N–H and O–H groups in total. The molecule has 5 rings (SSSR count). The minimum atomic E-state index is -3.23. The monoisotopic (exact) mass is 429 g/mol. The van der Waals surface area contributed by atoms with Crippen molar-refractivity contribution in [3.8, 4) is 0 Å². The Kier molecular flexibility index (Phi) is 4.08. The van der Waals surface area contributed by atoms with E-state index in [1.165, 1.54) is 4.90 Å². The molecule has 6 nitrogen and oxygen atoms in total. The van der Waals surface area contributed by atoms with Crippen LogP contribution >= 0.6 is 11.6 Å². The summed E-state index contributed by atoms with van der Waals surface area (Å²) in [5.74, 6) is -0.568. The van der Waals surface area contributed by atoms with Gasteiger partial charge in [0.25, 0.3) is 5.91 Å². The number of halogens is 1. The highest BCUT2D eigenvalue weighted by Crippen LogP contribution is 2.41. The normalized spacial score (nSPS) is 22.9. The summed E-state index contributed by atoms with van der Waals surface area (Å²) >= 11 is 6.02. The molecule has 2 atom stereocenters. The molecule has 0 bridgehead atoms. The van der Waals surface area contributed by atoms with Gasteiger partial charge in [-0.2, -0.15) is 0 Å². The third-order valence-corrected chi connectivity index (χ3v) is 7.60. The molecule has 3 aromatic rings. The van der Waals surface area contributed by atoms with Crippen LogP contribution in [0.1, 0.15) is 34.1 Å². The number of benzene rings is 2. The second-order valence-corrected chi connectivity index (χ2v) is 10.1. The summed E-state index contributed by atoms with van der Waals surface area (Å²) < 4.78 is 30.0. The quantitative estimate of drug-likeness (QED) is 0.624. The van der Waals surface area contributed by atoms with Crippen molar-refractivity contribution < 1.29 is 17.6 Å². The third-order valence-electron chi connectivity index (χ3n) is 5.60. The minimum Gasteiger partial charge on any atom is -0.450 e. The van der Waals surface area contributed by atoms with E-state index in [0.717, 1.165) is 0 Å². The van der Waals surface area contributed by atoms with Gasteiger partial charge in [-0.3, -0.25) is 9.59 Å². The molecule has 2 aliphatic rings. The first-order valence-corrected chi connectivity index (χ1v) is 11.4. The third kappa shape index (κ3) is 2.88. The molecule has 148 valence electrons. The van der Waals surface area contributed by atoms with E-state index < -0.39 is 27.8 Å². The summed E-state index contributed by atoms with van der Waals surface area (Å²) in [7, 11) is -3.23. The topological polar surface area (TPSA) is 84.7 Å². The standard InChI is InChI=1S/C21H16ClNO5S/c22-13-7-5-12(6-8-13)18-17-19(24)15-3-1-2-4-16(15)28-20(17)21(25)23(18)14-9-10-29(26,27)11-14/h1-8,14,18H,9-11H2/t14-,18+/m1/s1. The highest BCUT2D eigenvalue weighted by molar-refractivity contribution is 7.91.